The summed E-state index contributed by atoms with van der Waals surface area (Å²) in [6.45, 7) is 9.23. The van der Waals surface area contributed by atoms with Gasteiger partial charge in [-0.15, -0.1) is 11.6 Å². The van der Waals surface area contributed by atoms with Crippen molar-refractivity contribution in [3.8, 4) is 0 Å². The van der Waals surface area contributed by atoms with Gasteiger partial charge in [-0.05, 0) is 45.4 Å². The highest BCUT2D eigenvalue weighted by molar-refractivity contribution is 6.30. The molecule has 0 aliphatic rings. The quantitative estimate of drug-likeness (QED) is 0.727. The van der Waals surface area contributed by atoms with E-state index in [2.05, 4.69) is 48.0 Å². The maximum Gasteiger partial charge on any atom is 0.240 e. The molecule has 0 spiro atoms. The molecule has 0 N–H and O–H groups in total. The van der Waals surface area contributed by atoms with Crippen LogP contribution in [-0.2, 0) is 17.9 Å². The zero-order valence-electron chi connectivity index (χ0n) is 14.3. The van der Waals surface area contributed by atoms with Gasteiger partial charge in [0.25, 0.3) is 0 Å². The number of benzene rings is 1. The van der Waals surface area contributed by atoms with E-state index in [-0.39, 0.29) is 11.9 Å². The maximum atomic E-state index is 12.3. The molecule has 0 bridgehead atoms. The van der Waals surface area contributed by atoms with E-state index >= 15 is 0 Å². The van der Waals surface area contributed by atoms with Crippen molar-refractivity contribution in [2.24, 2.45) is 0 Å². The second kappa shape index (κ2) is 7.69. The monoisotopic (exact) mass is 332 g/mol. The van der Waals surface area contributed by atoms with Crippen molar-refractivity contribution in [3.63, 3.8) is 0 Å². The number of rotatable bonds is 6. The Balaban J connectivity index is 2.16. The minimum Gasteiger partial charge on any atom is -0.345 e. The molecular weight excluding hydrogens is 308 g/mol. The highest BCUT2D eigenvalue weighted by atomic mass is 35.5. The van der Waals surface area contributed by atoms with Crippen LogP contribution >= 0.6 is 11.6 Å². The average molecular weight is 333 g/mol. The van der Waals surface area contributed by atoms with Crippen LogP contribution in [0.2, 0.25) is 0 Å². The molecule has 124 valence electrons. The Morgan fingerprint density at radius 3 is 2.39 bits per heavy atom. The van der Waals surface area contributed by atoms with E-state index in [0.717, 1.165) is 12.2 Å². The summed E-state index contributed by atoms with van der Waals surface area (Å²) >= 11 is 5.99. The fraction of sp³-hybridized carbons (Fsp3) is 0.421. The van der Waals surface area contributed by atoms with Gasteiger partial charge >= 0.3 is 0 Å². The molecule has 0 saturated heterocycles. The van der Waals surface area contributed by atoms with Crippen LogP contribution in [0.5, 0.6) is 0 Å². The zero-order valence-corrected chi connectivity index (χ0v) is 15.0. The van der Waals surface area contributed by atoms with Crippen molar-refractivity contribution in [1.29, 1.82) is 0 Å². The van der Waals surface area contributed by atoms with Gasteiger partial charge in [-0.3, -0.25) is 4.79 Å². The number of alkyl halides is 1. The average Bonchev–Trinajstić information content (AvgIpc) is 2.93. The molecule has 4 heteroatoms. The van der Waals surface area contributed by atoms with E-state index in [0.29, 0.717) is 6.54 Å². The predicted molar refractivity (Wildman–Crippen MR) is 95.7 cm³/mol. The Hall–Kier alpha value is -1.74. The highest BCUT2D eigenvalue weighted by Gasteiger charge is 2.22. The number of aryl methyl sites for hydroxylation is 1. The Morgan fingerprint density at radius 2 is 1.83 bits per heavy atom. The molecule has 0 aliphatic heterocycles. The molecule has 1 amide bonds. The fourth-order valence-corrected chi connectivity index (χ4v) is 2.68. The summed E-state index contributed by atoms with van der Waals surface area (Å²) in [5.41, 5.74) is 3.63. The number of aromatic nitrogens is 1. The van der Waals surface area contributed by atoms with Gasteiger partial charge in [0.15, 0.2) is 0 Å². The number of hydrogen-bond acceptors (Lipinski definition) is 1. The van der Waals surface area contributed by atoms with E-state index in [9.17, 15) is 4.79 Å². The maximum absolute atomic E-state index is 12.3. The van der Waals surface area contributed by atoms with Gasteiger partial charge in [0.2, 0.25) is 5.91 Å². The summed E-state index contributed by atoms with van der Waals surface area (Å²) in [6.07, 6.45) is 2.06. The highest BCUT2D eigenvalue weighted by Crippen LogP contribution is 2.15. The molecule has 2 rings (SSSR count). The van der Waals surface area contributed by atoms with Crippen molar-refractivity contribution in [1.82, 2.24) is 9.47 Å². The molecule has 1 heterocycles. The first-order valence-corrected chi connectivity index (χ1v) is 8.46. The molecule has 0 radical (unpaired) electrons. The van der Waals surface area contributed by atoms with Gasteiger partial charge in [-0.1, -0.05) is 29.8 Å². The number of hydrogen-bond donors (Lipinski definition) is 0. The first kappa shape index (κ1) is 17.6. The van der Waals surface area contributed by atoms with Crippen LogP contribution in [0, 0.1) is 6.92 Å². The Morgan fingerprint density at radius 1 is 1.17 bits per heavy atom. The smallest absolute Gasteiger partial charge is 0.240 e. The molecule has 1 aromatic carbocycles. The van der Waals surface area contributed by atoms with Gasteiger partial charge < -0.3 is 9.47 Å². The van der Waals surface area contributed by atoms with Crippen molar-refractivity contribution in [3.05, 3.63) is 59.4 Å². The summed E-state index contributed by atoms with van der Waals surface area (Å²) in [5, 5.41) is -0.502. The van der Waals surface area contributed by atoms with Crippen LogP contribution in [0.3, 0.4) is 0 Å². The predicted octanol–water partition coefficient (Wildman–Crippen LogP) is 4.21. The van der Waals surface area contributed by atoms with Gasteiger partial charge in [0.05, 0.1) is 6.54 Å². The van der Waals surface area contributed by atoms with Gasteiger partial charge in [0.1, 0.15) is 5.38 Å². The second-order valence-corrected chi connectivity index (χ2v) is 6.94. The Bertz CT molecular complexity index is 644. The molecule has 0 fully saturated rings. The third kappa shape index (κ3) is 4.61. The Labute approximate surface area is 143 Å². The van der Waals surface area contributed by atoms with E-state index in [1.54, 1.807) is 6.92 Å². The molecule has 3 nitrogen and oxygen atoms in total. The van der Waals surface area contributed by atoms with Crippen LogP contribution in [0.4, 0.5) is 0 Å². The van der Waals surface area contributed by atoms with Gasteiger partial charge in [-0.25, -0.2) is 0 Å². The van der Waals surface area contributed by atoms with Crippen LogP contribution in [0.25, 0.3) is 0 Å². The minimum atomic E-state index is -0.502. The lowest BCUT2D eigenvalue weighted by Crippen LogP contribution is -2.40. The fourth-order valence-electron chi connectivity index (χ4n) is 2.56. The minimum absolute atomic E-state index is 0.0234. The molecule has 0 saturated carbocycles. The van der Waals surface area contributed by atoms with Crippen LogP contribution in [-0.4, -0.2) is 26.8 Å². The normalized spacial score (nSPS) is 12.4. The summed E-state index contributed by atoms with van der Waals surface area (Å²) in [5.74, 6) is -0.0234. The molecule has 1 unspecified atom stereocenters. The molecule has 2 aromatic rings. The van der Waals surface area contributed by atoms with Crippen molar-refractivity contribution >= 4 is 17.5 Å². The Kier molecular flexibility index (Phi) is 5.89. The lowest BCUT2D eigenvalue weighted by Gasteiger charge is -2.28. The van der Waals surface area contributed by atoms with Gasteiger partial charge in [-0.2, -0.15) is 0 Å². The number of halogens is 1. The van der Waals surface area contributed by atoms with E-state index < -0.39 is 5.38 Å². The molecule has 1 atom stereocenters. The standard InChI is InChI=1S/C19H25ClN2O/c1-14(2)22(19(23)16(4)20)13-18-6-5-11-21(18)12-17-9-7-15(3)8-10-17/h5-11,14,16H,12-13H2,1-4H3. The molecule has 1 aromatic heterocycles. The summed E-state index contributed by atoms with van der Waals surface area (Å²) in [7, 11) is 0. The lowest BCUT2D eigenvalue weighted by molar-refractivity contribution is -0.132. The number of amides is 1. The van der Waals surface area contributed by atoms with Crippen LogP contribution in [0.15, 0.2) is 42.6 Å². The topological polar surface area (TPSA) is 25.2 Å². The first-order chi connectivity index (χ1) is 10.9. The zero-order chi connectivity index (χ0) is 17.0. The number of carbonyl (C=O) groups excluding carboxylic acids is 1. The summed E-state index contributed by atoms with van der Waals surface area (Å²) < 4.78 is 2.19. The van der Waals surface area contributed by atoms with E-state index in [4.69, 9.17) is 11.6 Å². The summed E-state index contributed by atoms with van der Waals surface area (Å²) in [4.78, 5) is 14.1. The molecular formula is C19H25ClN2O. The van der Waals surface area contributed by atoms with E-state index in [1.165, 1.54) is 11.1 Å². The van der Waals surface area contributed by atoms with Crippen LogP contribution < -0.4 is 0 Å². The van der Waals surface area contributed by atoms with Crippen molar-refractivity contribution < 1.29 is 4.79 Å². The van der Waals surface area contributed by atoms with Crippen molar-refractivity contribution in [2.45, 2.75) is 52.2 Å². The van der Waals surface area contributed by atoms with Crippen molar-refractivity contribution in [2.75, 3.05) is 0 Å². The summed E-state index contributed by atoms with van der Waals surface area (Å²) in [6, 6.07) is 12.7. The SMILES string of the molecule is Cc1ccc(Cn2cccc2CN(C(=O)C(C)Cl)C(C)C)cc1. The lowest BCUT2D eigenvalue weighted by atomic mass is 10.1. The second-order valence-electron chi connectivity index (χ2n) is 6.29. The van der Waals surface area contributed by atoms with Crippen LogP contribution in [0.1, 0.15) is 37.6 Å². The number of carbonyl (C=O) groups is 1. The van der Waals surface area contributed by atoms with Gasteiger partial charge in [0, 0.05) is 24.5 Å². The third-order valence-corrected chi connectivity index (χ3v) is 4.16. The molecule has 0 aliphatic carbocycles. The molecule has 23 heavy (non-hydrogen) atoms. The largest absolute Gasteiger partial charge is 0.345 e. The van der Waals surface area contributed by atoms with E-state index in [1.807, 2.05) is 24.8 Å². The third-order valence-electron chi connectivity index (χ3n) is 3.98. The number of nitrogens with zero attached hydrogens (tertiary/aromatic N) is 2. The first-order valence-electron chi connectivity index (χ1n) is 8.02.